The molecule has 1 aliphatic heterocycles. The summed E-state index contributed by atoms with van der Waals surface area (Å²) >= 11 is 0. The van der Waals surface area contributed by atoms with Crippen LogP contribution in [0.5, 0.6) is 0 Å². The van der Waals surface area contributed by atoms with Crippen LogP contribution in [0, 0.1) is 5.21 Å². The number of hydrogen-bond acceptors (Lipinski definition) is 3. The number of rotatable bonds is 0. The molecule has 0 spiro atoms. The van der Waals surface area contributed by atoms with Crippen LogP contribution in [-0.2, 0) is 4.94 Å². The van der Waals surface area contributed by atoms with Gasteiger partial charge in [0.2, 0.25) is 0 Å². The normalized spacial score (nSPS) is 28.6. The summed E-state index contributed by atoms with van der Waals surface area (Å²) in [6.45, 7) is 1.71. The van der Waals surface area contributed by atoms with Crippen LogP contribution >= 0.6 is 0 Å². The van der Waals surface area contributed by atoms with Gasteiger partial charge in [-0.25, -0.2) is 5.06 Å². The molecule has 0 radical (unpaired) electrons. The fourth-order valence-corrected chi connectivity index (χ4v) is 0.555. The van der Waals surface area contributed by atoms with E-state index in [1.807, 2.05) is 0 Å². The molecule has 1 heterocycles. The van der Waals surface area contributed by atoms with Gasteiger partial charge in [-0.2, -0.15) is 5.23 Å². The highest BCUT2D eigenvalue weighted by Gasteiger charge is 2.13. The van der Waals surface area contributed by atoms with Crippen molar-refractivity contribution >= 4 is 0 Å². The van der Waals surface area contributed by atoms with Crippen LogP contribution in [0.3, 0.4) is 0 Å². The first-order valence-corrected chi connectivity index (χ1v) is 2.33. The molecule has 4 nitrogen and oxygen atoms in total. The Bertz CT molecular complexity index is 123. The van der Waals surface area contributed by atoms with Gasteiger partial charge in [-0.05, 0) is 0 Å². The van der Waals surface area contributed by atoms with Gasteiger partial charge in [0.05, 0.1) is 6.20 Å². The summed E-state index contributed by atoms with van der Waals surface area (Å²) in [7, 11) is 1.68. The van der Waals surface area contributed by atoms with Gasteiger partial charge in [0.15, 0.2) is 5.70 Å². The molecule has 0 amide bonds. The van der Waals surface area contributed by atoms with Crippen LogP contribution in [0.15, 0.2) is 11.9 Å². The minimum absolute atomic E-state index is 0.257. The molecule has 0 aromatic rings. The Balaban J connectivity index is 2.59. The van der Waals surface area contributed by atoms with Crippen LogP contribution in [0.4, 0.5) is 0 Å². The molecule has 1 rings (SSSR count). The molecule has 4 heteroatoms. The number of quaternary nitrogens is 1. The smallest absolute Gasteiger partial charge is 0.157 e. The molecular weight excluding hydrogens is 108 g/mol. The van der Waals surface area contributed by atoms with Gasteiger partial charge < -0.3 is 5.21 Å². The predicted octanol–water partition coefficient (Wildman–Crippen LogP) is -0.978. The van der Waals surface area contributed by atoms with E-state index in [1.165, 1.54) is 5.06 Å². The largest absolute Gasteiger partial charge is 0.593 e. The topological polar surface area (TPSA) is 40.0 Å². The molecule has 1 aliphatic rings. The first-order valence-electron chi connectivity index (χ1n) is 2.33. The fraction of sp³-hybridized carbons (Fsp3) is 0.500. The van der Waals surface area contributed by atoms with E-state index in [4.69, 9.17) is 0 Å². The molecule has 1 N–H and O–H groups in total. The second kappa shape index (κ2) is 1.74. The van der Waals surface area contributed by atoms with Gasteiger partial charge >= 0.3 is 0 Å². The molecule has 0 aromatic carbocycles. The fourth-order valence-electron chi connectivity index (χ4n) is 0.555. The zero-order chi connectivity index (χ0) is 6.15. The average molecular weight is 116 g/mol. The highest BCUT2D eigenvalue weighted by Crippen LogP contribution is 1.92. The molecule has 1 unspecified atom stereocenters. The van der Waals surface area contributed by atoms with Crippen LogP contribution in [0.1, 0.15) is 6.92 Å². The van der Waals surface area contributed by atoms with E-state index >= 15 is 0 Å². The minimum Gasteiger partial charge on any atom is -0.593 e. The Labute approximate surface area is 47.4 Å². The maximum Gasteiger partial charge on any atom is 0.157 e. The third-order valence-corrected chi connectivity index (χ3v) is 0.924. The van der Waals surface area contributed by atoms with Crippen molar-refractivity contribution in [2.45, 2.75) is 6.92 Å². The molecule has 8 heavy (non-hydrogen) atoms. The van der Waals surface area contributed by atoms with E-state index in [0.717, 1.165) is 0 Å². The van der Waals surface area contributed by atoms with E-state index < -0.39 is 0 Å². The lowest BCUT2D eigenvalue weighted by atomic mass is 10.6. The van der Waals surface area contributed by atoms with Crippen LogP contribution in [-0.4, -0.2) is 12.1 Å². The Morgan fingerprint density at radius 1 is 1.88 bits per heavy atom. The maximum atomic E-state index is 10.5. The Morgan fingerprint density at radius 3 is 2.62 bits per heavy atom. The lowest BCUT2D eigenvalue weighted by Crippen LogP contribution is -3.02. The molecule has 1 atom stereocenters. The summed E-state index contributed by atoms with van der Waals surface area (Å²) in [6, 6.07) is 0. The van der Waals surface area contributed by atoms with Gasteiger partial charge in [-0.3, -0.25) is 0 Å². The highest BCUT2D eigenvalue weighted by atomic mass is 17.0. The van der Waals surface area contributed by atoms with Gasteiger partial charge in [-0.15, -0.1) is 0 Å². The molecule has 46 valence electrons. The summed E-state index contributed by atoms with van der Waals surface area (Å²) in [5.41, 5.74) is 0.646. The predicted molar refractivity (Wildman–Crippen MR) is 26.9 cm³/mol. The SMILES string of the molecule is CC1=CN(C)O[NH+]1[O-]. The van der Waals surface area contributed by atoms with Crippen LogP contribution in [0.2, 0.25) is 0 Å². The molecule has 0 saturated carbocycles. The Kier molecular flexibility index (Phi) is 1.21. The molecule has 0 bridgehead atoms. The van der Waals surface area contributed by atoms with Gasteiger partial charge in [-0.1, -0.05) is 4.94 Å². The molecule has 0 fully saturated rings. The summed E-state index contributed by atoms with van der Waals surface area (Å²) in [4.78, 5) is 4.58. The van der Waals surface area contributed by atoms with Crippen LogP contribution < -0.4 is 5.23 Å². The lowest BCUT2D eigenvalue weighted by Gasteiger charge is -2.12. The third-order valence-electron chi connectivity index (χ3n) is 0.924. The second-order valence-electron chi connectivity index (χ2n) is 1.74. The van der Waals surface area contributed by atoms with Crippen molar-refractivity contribution in [2.24, 2.45) is 0 Å². The average Bonchev–Trinajstić information content (AvgIpc) is 1.85. The standard InChI is InChI=1S/C4H8N2O2/c1-4-3-5(2)8-6(4)7/h3,6H,1-2H3. The third kappa shape index (κ3) is 0.812. The maximum absolute atomic E-state index is 10.5. The quantitative estimate of drug-likeness (QED) is 0.414. The van der Waals surface area contributed by atoms with Crippen molar-refractivity contribution in [1.82, 2.24) is 5.06 Å². The number of nitrogens with one attached hydrogen (secondary N) is 1. The monoisotopic (exact) mass is 116 g/mol. The van der Waals surface area contributed by atoms with Crippen molar-refractivity contribution in [2.75, 3.05) is 7.05 Å². The molecule has 0 aromatic heterocycles. The zero-order valence-electron chi connectivity index (χ0n) is 4.84. The lowest BCUT2D eigenvalue weighted by molar-refractivity contribution is -1.04. The highest BCUT2D eigenvalue weighted by molar-refractivity contribution is 4.83. The van der Waals surface area contributed by atoms with E-state index in [1.54, 1.807) is 20.2 Å². The molecule has 0 aliphatic carbocycles. The van der Waals surface area contributed by atoms with E-state index in [2.05, 4.69) is 4.94 Å². The van der Waals surface area contributed by atoms with E-state index in [-0.39, 0.29) is 5.23 Å². The van der Waals surface area contributed by atoms with Gasteiger partial charge in [0.1, 0.15) is 0 Å². The number of hydroxylamine groups is 4. The van der Waals surface area contributed by atoms with Crippen molar-refractivity contribution in [3.05, 3.63) is 17.1 Å². The van der Waals surface area contributed by atoms with Crippen molar-refractivity contribution in [1.29, 1.82) is 0 Å². The van der Waals surface area contributed by atoms with Crippen molar-refractivity contribution < 1.29 is 10.2 Å². The Morgan fingerprint density at radius 2 is 2.50 bits per heavy atom. The van der Waals surface area contributed by atoms with Gasteiger partial charge in [0, 0.05) is 14.0 Å². The summed E-state index contributed by atoms with van der Waals surface area (Å²) < 4.78 is 0. The van der Waals surface area contributed by atoms with Gasteiger partial charge in [0.25, 0.3) is 0 Å². The number of nitrogens with zero attached hydrogens (tertiary/aromatic N) is 1. The summed E-state index contributed by atoms with van der Waals surface area (Å²) in [5.74, 6) is 0. The molecular formula is C4H8N2O2. The summed E-state index contributed by atoms with van der Waals surface area (Å²) in [5, 5.41) is 11.6. The zero-order valence-corrected chi connectivity index (χ0v) is 4.84. The Hall–Kier alpha value is -0.580. The number of hydrogen-bond donors (Lipinski definition) is 1. The van der Waals surface area contributed by atoms with Crippen molar-refractivity contribution in [3.63, 3.8) is 0 Å². The molecule has 0 saturated heterocycles. The summed E-state index contributed by atoms with van der Waals surface area (Å²) in [6.07, 6.45) is 1.64. The number of allylic oxidation sites excluding steroid dienone is 1. The first-order chi connectivity index (χ1) is 3.70. The first kappa shape index (κ1) is 5.55. The van der Waals surface area contributed by atoms with E-state index in [9.17, 15) is 5.21 Å². The van der Waals surface area contributed by atoms with Crippen molar-refractivity contribution in [3.8, 4) is 0 Å². The second-order valence-corrected chi connectivity index (χ2v) is 1.74. The minimum atomic E-state index is -0.257. The van der Waals surface area contributed by atoms with Crippen LogP contribution in [0.25, 0.3) is 0 Å². The van der Waals surface area contributed by atoms with E-state index in [0.29, 0.717) is 5.70 Å².